The van der Waals surface area contributed by atoms with Gasteiger partial charge in [0.05, 0.1) is 5.56 Å². The lowest BCUT2D eigenvalue weighted by Gasteiger charge is -2.44. The molecular weight excluding hydrogens is 314 g/mol. The number of amides is 1. The van der Waals surface area contributed by atoms with Crippen LogP contribution in [0.2, 0.25) is 0 Å². The van der Waals surface area contributed by atoms with Crippen molar-refractivity contribution in [2.24, 2.45) is 5.92 Å². The fourth-order valence-electron chi connectivity index (χ4n) is 4.85. The predicted octanol–water partition coefficient (Wildman–Crippen LogP) is 6.23. The van der Waals surface area contributed by atoms with Gasteiger partial charge in [0.2, 0.25) is 0 Å². The molecule has 2 unspecified atom stereocenters. The summed E-state index contributed by atoms with van der Waals surface area (Å²) in [6.45, 7) is 5.50. The van der Waals surface area contributed by atoms with E-state index in [4.69, 9.17) is 0 Å². The van der Waals surface area contributed by atoms with Crippen molar-refractivity contribution in [3.63, 3.8) is 0 Å². The number of piperidine rings is 1. The van der Waals surface area contributed by atoms with Gasteiger partial charge < -0.3 is 4.90 Å². The first-order valence-corrected chi connectivity index (χ1v) is 11.0. The molecule has 1 aromatic rings. The molecule has 2 nitrogen and oxygen atoms in total. The maximum Gasteiger partial charge on any atom is 0.254 e. The van der Waals surface area contributed by atoms with Crippen molar-refractivity contribution in [2.45, 2.75) is 90.0 Å². The highest BCUT2D eigenvalue weighted by molar-refractivity contribution is 7.10. The number of hydrogen-bond acceptors (Lipinski definition) is 2. The van der Waals surface area contributed by atoms with E-state index in [1.165, 1.54) is 69.1 Å². The standard InChI is InChI=1S/C21H33NOS/c1-3-8-17(9-4-2)20-14-18(15-24-20)21(23)22-13-7-11-16-10-5-6-12-19(16)22/h14-17,19H,3-13H2,1-2H3. The van der Waals surface area contributed by atoms with Gasteiger partial charge in [-0.25, -0.2) is 0 Å². The normalized spacial score (nSPS) is 24.2. The van der Waals surface area contributed by atoms with Gasteiger partial charge in [-0.15, -0.1) is 11.3 Å². The predicted molar refractivity (Wildman–Crippen MR) is 103 cm³/mol. The van der Waals surface area contributed by atoms with Crippen LogP contribution in [0.5, 0.6) is 0 Å². The van der Waals surface area contributed by atoms with Crippen LogP contribution in [0.25, 0.3) is 0 Å². The van der Waals surface area contributed by atoms with Gasteiger partial charge in [-0.3, -0.25) is 4.79 Å². The molecule has 1 saturated heterocycles. The summed E-state index contributed by atoms with van der Waals surface area (Å²) in [7, 11) is 0. The molecular formula is C21H33NOS. The van der Waals surface area contributed by atoms with Crippen LogP contribution in [0.15, 0.2) is 11.4 Å². The Bertz CT molecular complexity index is 530. The van der Waals surface area contributed by atoms with Gasteiger partial charge in [0.25, 0.3) is 5.91 Å². The molecule has 0 aromatic carbocycles. The fourth-order valence-corrected chi connectivity index (χ4v) is 5.90. The molecule has 3 heteroatoms. The summed E-state index contributed by atoms with van der Waals surface area (Å²) < 4.78 is 0. The third-order valence-corrected chi connectivity index (χ3v) is 7.14. The molecule has 2 heterocycles. The maximum absolute atomic E-state index is 13.1. The van der Waals surface area contributed by atoms with Crippen LogP contribution in [0.4, 0.5) is 0 Å². The zero-order chi connectivity index (χ0) is 16.9. The zero-order valence-corrected chi connectivity index (χ0v) is 16.2. The Morgan fingerprint density at radius 2 is 1.88 bits per heavy atom. The van der Waals surface area contributed by atoms with Crippen molar-refractivity contribution in [3.8, 4) is 0 Å². The fraction of sp³-hybridized carbons (Fsp3) is 0.762. The summed E-state index contributed by atoms with van der Waals surface area (Å²) in [5, 5.41) is 2.13. The number of hydrogen-bond donors (Lipinski definition) is 0. The topological polar surface area (TPSA) is 20.3 Å². The van der Waals surface area contributed by atoms with Crippen LogP contribution >= 0.6 is 11.3 Å². The molecule has 2 atom stereocenters. The first-order chi connectivity index (χ1) is 11.7. The van der Waals surface area contributed by atoms with Crippen molar-refractivity contribution in [2.75, 3.05) is 6.54 Å². The van der Waals surface area contributed by atoms with Crippen LogP contribution in [0.1, 0.15) is 99.2 Å². The molecule has 0 bridgehead atoms. The number of carbonyl (C=O) groups excluding carboxylic acids is 1. The number of nitrogens with zero attached hydrogens (tertiary/aromatic N) is 1. The summed E-state index contributed by atoms with van der Waals surface area (Å²) in [5.41, 5.74) is 0.957. The number of rotatable bonds is 6. The summed E-state index contributed by atoms with van der Waals surface area (Å²) in [5.74, 6) is 1.72. The monoisotopic (exact) mass is 347 g/mol. The van der Waals surface area contributed by atoms with Crippen molar-refractivity contribution in [3.05, 3.63) is 21.9 Å². The summed E-state index contributed by atoms with van der Waals surface area (Å²) in [4.78, 5) is 16.8. The average molecular weight is 348 g/mol. The molecule has 1 saturated carbocycles. The van der Waals surface area contributed by atoms with Crippen LogP contribution in [-0.2, 0) is 0 Å². The van der Waals surface area contributed by atoms with Crippen LogP contribution in [0.3, 0.4) is 0 Å². The van der Waals surface area contributed by atoms with Gasteiger partial charge in [-0.05, 0) is 56.4 Å². The number of likely N-dealkylation sites (tertiary alicyclic amines) is 1. The van der Waals surface area contributed by atoms with Crippen molar-refractivity contribution in [1.29, 1.82) is 0 Å². The molecule has 2 aliphatic rings. The van der Waals surface area contributed by atoms with E-state index in [9.17, 15) is 4.79 Å². The molecule has 2 fully saturated rings. The van der Waals surface area contributed by atoms with Crippen LogP contribution < -0.4 is 0 Å². The second-order valence-electron chi connectivity index (χ2n) is 7.76. The van der Waals surface area contributed by atoms with Crippen molar-refractivity contribution in [1.82, 2.24) is 4.90 Å². The maximum atomic E-state index is 13.1. The Morgan fingerprint density at radius 3 is 2.62 bits per heavy atom. The SMILES string of the molecule is CCCC(CCC)c1cc(C(=O)N2CCCC3CCCCC32)cs1. The number of thiophene rings is 1. The van der Waals surface area contributed by atoms with E-state index in [0.29, 0.717) is 17.9 Å². The molecule has 1 aliphatic carbocycles. The molecule has 1 aliphatic heterocycles. The Labute approximate surface area is 151 Å². The zero-order valence-electron chi connectivity index (χ0n) is 15.4. The van der Waals surface area contributed by atoms with Gasteiger partial charge in [0.1, 0.15) is 0 Å². The van der Waals surface area contributed by atoms with E-state index in [1.807, 2.05) is 11.3 Å². The summed E-state index contributed by atoms with van der Waals surface area (Å²) >= 11 is 1.81. The van der Waals surface area contributed by atoms with E-state index < -0.39 is 0 Å². The Kier molecular flexibility index (Phi) is 6.37. The number of fused-ring (bicyclic) bond motifs is 1. The minimum atomic E-state index is 0.306. The molecule has 24 heavy (non-hydrogen) atoms. The van der Waals surface area contributed by atoms with E-state index in [1.54, 1.807) is 0 Å². The lowest BCUT2D eigenvalue weighted by Crippen LogP contribution is -2.49. The lowest BCUT2D eigenvalue weighted by atomic mass is 9.78. The summed E-state index contributed by atoms with van der Waals surface area (Å²) in [6.07, 6.45) is 12.7. The molecule has 1 amide bonds. The van der Waals surface area contributed by atoms with Crippen molar-refractivity contribution >= 4 is 17.2 Å². The minimum absolute atomic E-state index is 0.306. The van der Waals surface area contributed by atoms with Gasteiger partial charge in [0.15, 0.2) is 0 Å². The van der Waals surface area contributed by atoms with Crippen LogP contribution in [-0.4, -0.2) is 23.4 Å². The highest BCUT2D eigenvalue weighted by Crippen LogP contribution is 2.37. The average Bonchev–Trinajstić information content (AvgIpc) is 3.10. The van der Waals surface area contributed by atoms with E-state index >= 15 is 0 Å². The van der Waals surface area contributed by atoms with Gasteiger partial charge in [-0.2, -0.15) is 0 Å². The molecule has 3 rings (SSSR count). The van der Waals surface area contributed by atoms with Crippen molar-refractivity contribution < 1.29 is 4.79 Å². The van der Waals surface area contributed by atoms with E-state index in [2.05, 4.69) is 30.2 Å². The molecule has 0 radical (unpaired) electrons. The van der Waals surface area contributed by atoms with E-state index in [0.717, 1.165) is 18.0 Å². The molecule has 0 spiro atoms. The van der Waals surface area contributed by atoms with E-state index in [-0.39, 0.29) is 0 Å². The summed E-state index contributed by atoms with van der Waals surface area (Å²) in [6, 6.07) is 2.74. The van der Waals surface area contributed by atoms with Crippen LogP contribution in [0, 0.1) is 5.92 Å². The second kappa shape index (κ2) is 8.51. The smallest absolute Gasteiger partial charge is 0.254 e. The lowest BCUT2D eigenvalue weighted by molar-refractivity contribution is 0.0391. The third kappa shape index (κ3) is 3.87. The molecule has 0 N–H and O–H groups in total. The van der Waals surface area contributed by atoms with Gasteiger partial charge in [-0.1, -0.05) is 39.5 Å². The second-order valence-corrected chi connectivity index (χ2v) is 8.71. The van der Waals surface area contributed by atoms with Gasteiger partial charge in [0, 0.05) is 22.8 Å². The highest BCUT2D eigenvalue weighted by atomic mass is 32.1. The molecule has 134 valence electrons. The quantitative estimate of drug-likeness (QED) is 0.597. The number of carbonyl (C=O) groups is 1. The Hall–Kier alpha value is -0.830. The largest absolute Gasteiger partial charge is 0.335 e. The first-order valence-electron chi connectivity index (χ1n) is 10.1. The Morgan fingerprint density at radius 1 is 1.17 bits per heavy atom. The minimum Gasteiger partial charge on any atom is -0.335 e. The first kappa shape index (κ1) is 18.0. The highest BCUT2D eigenvalue weighted by Gasteiger charge is 2.36. The Balaban J connectivity index is 1.72. The third-order valence-electron chi connectivity index (χ3n) is 6.05. The molecule has 1 aromatic heterocycles. The van der Waals surface area contributed by atoms with Gasteiger partial charge >= 0.3 is 0 Å².